The average molecular weight is 344 g/mol. The number of ether oxygens (including phenoxy) is 1. The number of benzene rings is 1. The number of pyridine rings is 1. The summed E-state index contributed by atoms with van der Waals surface area (Å²) < 4.78 is 37.8. The van der Waals surface area contributed by atoms with E-state index in [-0.39, 0.29) is 11.4 Å². The summed E-state index contributed by atoms with van der Waals surface area (Å²) in [5, 5.41) is 0. The minimum atomic E-state index is -3.63. The highest BCUT2D eigenvalue weighted by Crippen LogP contribution is 2.22. The van der Waals surface area contributed by atoms with Gasteiger partial charge in [-0.3, -0.25) is 4.98 Å². The van der Waals surface area contributed by atoms with E-state index in [2.05, 4.69) is 9.71 Å². The summed E-state index contributed by atoms with van der Waals surface area (Å²) in [5.74, 6) is 1.19. The van der Waals surface area contributed by atoms with Crippen molar-refractivity contribution in [2.75, 3.05) is 7.11 Å². The van der Waals surface area contributed by atoms with Crippen LogP contribution in [0.4, 0.5) is 0 Å². The second kappa shape index (κ2) is 6.86. The molecule has 24 heavy (non-hydrogen) atoms. The second-order valence-corrected chi connectivity index (χ2v) is 6.76. The van der Waals surface area contributed by atoms with E-state index in [1.807, 2.05) is 0 Å². The van der Waals surface area contributed by atoms with Crippen LogP contribution in [0.2, 0.25) is 0 Å². The summed E-state index contributed by atoms with van der Waals surface area (Å²) in [7, 11) is -2.10. The Labute approximate surface area is 140 Å². The lowest BCUT2D eigenvalue weighted by Crippen LogP contribution is -2.23. The Hall–Kier alpha value is -2.64. The molecule has 0 unspecified atom stereocenters. The van der Waals surface area contributed by atoms with Crippen molar-refractivity contribution in [2.45, 2.75) is 11.4 Å². The van der Waals surface area contributed by atoms with Crippen molar-refractivity contribution in [1.82, 2.24) is 9.71 Å². The highest BCUT2D eigenvalue weighted by molar-refractivity contribution is 7.89. The first-order chi connectivity index (χ1) is 11.6. The molecule has 6 nitrogen and oxygen atoms in total. The molecule has 0 amide bonds. The van der Waals surface area contributed by atoms with E-state index in [1.165, 1.54) is 19.2 Å². The zero-order chi connectivity index (χ0) is 17.0. The molecule has 0 atom stereocenters. The fraction of sp³-hybridized carbons (Fsp3) is 0.118. The maximum absolute atomic E-state index is 12.4. The van der Waals surface area contributed by atoms with Gasteiger partial charge in [-0.2, -0.15) is 0 Å². The van der Waals surface area contributed by atoms with Crippen LogP contribution >= 0.6 is 0 Å². The quantitative estimate of drug-likeness (QED) is 0.743. The summed E-state index contributed by atoms with van der Waals surface area (Å²) >= 11 is 0. The number of aromatic nitrogens is 1. The van der Waals surface area contributed by atoms with Crippen molar-refractivity contribution < 1.29 is 17.6 Å². The molecule has 0 saturated carbocycles. The summed E-state index contributed by atoms with van der Waals surface area (Å²) in [6.07, 6.45) is 3.19. The summed E-state index contributed by atoms with van der Waals surface area (Å²) in [5.41, 5.74) is 1.34. The third kappa shape index (κ3) is 3.47. The summed E-state index contributed by atoms with van der Waals surface area (Å²) in [6.45, 7) is 0.109. The number of sulfonamides is 1. The molecule has 3 rings (SSSR count). The van der Waals surface area contributed by atoms with Crippen molar-refractivity contribution in [3.63, 3.8) is 0 Å². The highest BCUT2D eigenvalue weighted by atomic mass is 32.2. The Morgan fingerprint density at radius 1 is 1.12 bits per heavy atom. The maximum Gasteiger partial charge on any atom is 0.240 e. The van der Waals surface area contributed by atoms with Crippen LogP contribution in [-0.2, 0) is 16.6 Å². The van der Waals surface area contributed by atoms with E-state index >= 15 is 0 Å². The predicted octanol–water partition coefficient (Wildman–Crippen LogP) is 2.83. The van der Waals surface area contributed by atoms with Gasteiger partial charge in [0.1, 0.15) is 11.4 Å². The molecule has 0 bridgehead atoms. The van der Waals surface area contributed by atoms with E-state index < -0.39 is 10.0 Å². The van der Waals surface area contributed by atoms with Crippen LogP contribution in [0.25, 0.3) is 11.5 Å². The Morgan fingerprint density at radius 2 is 1.92 bits per heavy atom. The van der Waals surface area contributed by atoms with Gasteiger partial charge in [0.15, 0.2) is 5.76 Å². The van der Waals surface area contributed by atoms with Gasteiger partial charge in [0.2, 0.25) is 10.0 Å². The monoisotopic (exact) mass is 344 g/mol. The normalized spacial score (nSPS) is 11.4. The van der Waals surface area contributed by atoms with Crippen LogP contribution in [0.3, 0.4) is 0 Å². The molecule has 7 heteroatoms. The number of furan rings is 1. The Morgan fingerprint density at radius 3 is 2.58 bits per heavy atom. The third-order valence-corrected chi connectivity index (χ3v) is 4.89. The Kier molecular flexibility index (Phi) is 4.64. The Bertz CT molecular complexity index is 904. The lowest BCUT2D eigenvalue weighted by Gasteiger charge is -2.09. The molecule has 124 valence electrons. The van der Waals surface area contributed by atoms with Crippen LogP contribution in [0, 0.1) is 0 Å². The van der Waals surface area contributed by atoms with E-state index in [0.29, 0.717) is 17.2 Å². The molecule has 3 aromatic rings. The summed E-state index contributed by atoms with van der Waals surface area (Å²) in [6, 6.07) is 13.3. The maximum atomic E-state index is 12.4. The number of hydrogen-bond donors (Lipinski definition) is 1. The molecule has 0 saturated heterocycles. The van der Waals surface area contributed by atoms with Crippen molar-refractivity contribution >= 4 is 10.0 Å². The molecule has 0 aliphatic carbocycles. The highest BCUT2D eigenvalue weighted by Gasteiger charge is 2.16. The summed E-state index contributed by atoms with van der Waals surface area (Å²) in [4.78, 5) is 4.45. The topological polar surface area (TPSA) is 81.4 Å². The molecule has 0 spiro atoms. The smallest absolute Gasteiger partial charge is 0.240 e. The molecule has 1 aromatic carbocycles. The number of nitrogens with zero attached hydrogens (tertiary/aromatic N) is 1. The van der Waals surface area contributed by atoms with Crippen molar-refractivity contribution in [2.24, 2.45) is 0 Å². The van der Waals surface area contributed by atoms with Gasteiger partial charge in [-0.1, -0.05) is 6.07 Å². The molecule has 2 heterocycles. The average Bonchev–Trinajstić information content (AvgIpc) is 3.15. The van der Waals surface area contributed by atoms with Gasteiger partial charge in [0, 0.05) is 12.7 Å². The van der Waals surface area contributed by atoms with Crippen LogP contribution < -0.4 is 9.46 Å². The van der Waals surface area contributed by atoms with Crippen LogP contribution in [0.1, 0.15) is 5.56 Å². The zero-order valence-electron chi connectivity index (χ0n) is 13.0. The van der Waals surface area contributed by atoms with Gasteiger partial charge >= 0.3 is 0 Å². The first-order valence-electron chi connectivity index (χ1n) is 7.21. The number of methoxy groups -OCH3 is 1. The Balaban J connectivity index is 1.80. The minimum Gasteiger partial charge on any atom is -0.497 e. The van der Waals surface area contributed by atoms with E-state index in [9.17, 15) is 8.42 Å². The van der Waals surface area contributed by atoms with Gasteiger partial charge in [-0.25, -0.2) is 13.1 Å². The number of hydrogen-bond acceptors (Lipinski definition) is 5. The standard InChI is InChI=1S/C17H16N2O4S/c1-22-14-6-8-15(9-7-14)24(20,21)19-12-13-4-2-10-18-17(13)16-5-3-11-23-16/h2-11,19H,12H2,1H3. The molecule has 0 aliphatic rings. The van der Waals surface area contributed by atoms with Gasteiger partial charge in [-0.05, 0) is 48.0 Å². The molecule has 2 aromatic heterocycles. The fourth-order valence-electron chi connectivity index (χ4n) is 2.23. The molecule has 1 N–H and O–H groups in total. The largest absolute Gasteiger partial charge is 0.497 e. The van der Waals surface area contributed by atoms with Gasteiger partial charge in [-0.15, -0.1) is 0 Å². The second-order valence-electron chi connectivity index (χ2n) is 4.99. The molecular weight excluding hydrogens is 328 g/mol. The van der Waals surface area contributed by atoms with Crippen LogP contribution in [0.5, 0.6) is 5.75 Å². The van der Waals surface area contributed by atoms with Crippen LogP contribution in [0.15, 0.2) is 70.3 Å². The number of rotatable bonds is 6. The van der Waals surface area contributed by atoms with Crippen molar-refractivity contribution in [3.8, 4) is 17.2 Å². The fourth-order valence-corrected chi connectivity index (χ4v) is 3.23. The first-order valence-corrected chi connectivity index (χ1v) is 8.70. The van der Waals surface area contributed by atoms with E-state index in [1.54, 1.807) is 48.9 Å². The first kappa shape index (κ1) is 16.2. The SMILES string of the molecule is COc1ccc(S(=O)(=O)NCc2cccnc2-c2ccco2)cc1. The lowest BCUT2D eigenvalue weighted by atomic mass is 10.1. The lowest BCUT2D eigenvalue weighted by molar-refractivity contribution is 0.414. The number of nitrogens with one attached hydrogen (secondary N) is 1. The van der Waals surface area contributed by atoms with Gasteiger partial charge in [0.25, 0.3) is 0 Å². The molecule has 0 radical (unpaired) electrons. The molecule has 0 aliphatic heterocycles. The van der Waals surface area contributed by atoms with Gasteiger partial charge < -0.3 is 9.15 Å². The van der Waals surface area contributed by atoms with E-state index in [0.717, 1.165) is 5.56 Å². The predicted molar refractivity (Wildman–Crippen MR) is 89.0 cm³/mol. The molecule has 0 fully saturated rings. The third-order valence-electron chi connectivity index (χ3n) is 3.47. The van der Waals surface area contributed by atoms with Gasteiger partial charge in [0.05, 0.1) is 18.3 Å². The van der Waals surface area contributed by atoms with Crippen molar-refractivity contribution in [3.05, 3.63) is 66.6 Å². The van der Waals surface area contributed by atoms with Crippen LogP contribution in [-0.4, -0.2) is 20.5 Å². The van der Waals surface area contributed by atoms with E-state index in [4.69, 9.17) is 9.15 Å². The molecular formula is C17H16N2O4S. The van der Waals surface area contributed by atoms with Crippen molar-refractivity contribution in [1.29, 1.82) is 0 Å². The zero-order valence-corrected chi connectivity index (χ0v) is 13.8. The minimum absolute atomic E-state index is 0.109.